The fraction of sp³-hybridized carbons (Fsp3) is 0.421. The number of rotatable bonds is 6. The fourth-order valence-electron chi connectivity index (χ4n) is 2.70. The van der Waals surface area contributed by atoms with E-state index in [2.05, 4.69) is 15.1 Å². The maximum atomic E-state index is 12.2. The minimum atomic E-state index is -5.08. The Labute approximate surface area is 176 Å². The monoisotopic (exact) mass is 444 g/mol. The number of aromatic nitrogens is 2. The van der Waals surface area contributed by atoms with Gasteiger partial charge in [-0.25, -0.2) is 4.79 Å². The van der Waals surface area contributed by atoms with E-state index in [1.165, 1.54) is 0 Å². The molecule has 0 radical (unpaired) electrons. The molecule has 9 nitrogen and oxygen atoms in total. The summed E-state index contributed by atoms with van der Waals surface area (Å²) in [5.74, 6) is -1.15. The number of aliphatic carboxylic acids is 1. The molecule has 1 saturated heterocycles. The minimum Gasteiger partial charge on any atom is -0.497 e. The van der Waals surface area contributed by atoms with Gasteiger partial charge in [-0.3, -0.25) is 14.8 Å². The van der Waals surface area contributed by atoms with Gasteiger partial charge in [0.1, 0.15) is 23.8 Å². The highest BCUT2D eigenvalue weighted by Crippen LogP contribution is 2.18. The van der Waals surface area contributed by atoms with Gasteiger partial charge in [0.2, 0.25) is 0 Å². The molecule has 3 rings (SSSR count). The smallest absolute Gasteiger partial charge is 0.490 e. The van der Waals surface area contributed by atoms with Gasteiger partial charge in [-0.15, -0.1) is 0 Å². The first kappa shape index (κ1) is 24.0. The molecule has 1 aliphatic rings. The van der Waals surface area contributed by atoms with Crippen LogP contribution in [-0.4, -0.2) is 89.6 Å². The number of nitrogens with one attached hydrogen (secondary N) is 1. The van der Waals surface area contributed by atoms with Crippen LogP contribution in [0.1, 0.15) is 10.5 Å². The third kappa shape index (κ3) is 7.81. The molecule has 2 heterocycles. The summed E-state index contributed by atoms with van der Waals surface area (Å²) in [7, 11) is 1.64. The van der Waals surface area contributed by atoms with E-state index in [-0.39, 0.29) is 5.91 Å². The molecule has 0 bridgehead atoms. The first-order valence-corrected chi connectivity index (χ1v) is 9.28. The van der Waals surface area contributed by atoms with Crippen molar-refractivity contribution in [1.29, 1.82) is 0 Å². The molecule has 0 spiro atoms. The normalized spacial score (nSPS) is 14.4. The molecule has 170 valence electrons. The van der Waals surface area contributed by atoms with Gasteiger partial charge in [-0.1, -0.05) is 6.07 Å². The number of piperazine rings is 1. The Kier molecular flexibility index (Phi) is 8.67. The van der Waals surface area contributed by atoms with Gasteiger partial charge in [0.05, 0.1) is 7.11 Å². The molecule has 12 heteroatoms. The van der Waals surface area contributed by atoms with Crippen LogP contribution in [0.25, 0.3) is 0 Å². The first-order chi connectivity index (χ1) is 14.7. The molecule has 0 aliphatic carbocycles. The average Bonchev–Trinajstić information content (AvgIpc) is 3.28. The number of nitrogens with zero attached hydrogens (tertiary/aromatic N) is 3. The number of H-pyrrole nitrogens is 1. The van der Waals surface area contributed by atoms with Crippen LogP contribution in [0.15, 0.2) is 36.5 Å². The van der Waals surface area contributed by atoms with E-state index in [1.807, 2.05) is 29.2 Å². The summed E-state index contributed by atoms with van der Waals surface area (Å²) in [6, 6.07) is 9.30. The predicted octanol–water partition coefficient (Wildman–Crippen LogP) is 1.89. The minimum absolute atomic E-state index is 0.0137. The third-order valence-corrected chi connectivity index (χ3v) is 4.35. The van der Waals surface area contributed by atoms with E-state index in [4.69, 9.17) is 19.4 Å². The number of amides is 1. The number of ether oxygens (including phenoxy) is 2. The fourth-order valence-corrected chi connectivity index (χ4v) is 2.70. The Morgan fingerprint density at radius 2 is 1.81 bits per heavy atom. The number of alkyl halides is 3. The molecule has 2 N–H and O–H groups in total. The summed E-state index contributed by atoms with van der Waals surface area (Å²) in [5, 5.41) is 13.7. The maximum absolute atomic E-state index is 12.2. The maximum Gasteiger partial charge on any atom is 0.490 e. The molecule has 1 aliphatic heterocycles. The zero-order chi connectivity index (χ0) is 22.9. The van der Waals surface area contributed by atoms with Crippen molar-refractivity contribution < 1.29 is 37.3 Å². The van der Waals surface area contributed by atoms with Crippen LogP contribution in [-0.2, 0) is 4.79 Å². The van der Waals surface area contributed by atoms with Crippen molar-refractivity contribution in [1.82, 2.24) is 20.0 Å². The lowest BCUT2D eigenvalue weighted by atomic mass is 10.3. The van der Waals surface area contributed by atoms with Crippen LogP contribution < -0.4 is 9.47 Å². The van der Waals surface area contributed by atoms with E-state index in [0.29, 0.717) is 12.3 Å². The van der Waals surface area contributed by atoms with Crippen molar-refractivity contribution in [2.24, 2.45) is 0 Å². The highest BCUT2D eigenvalue weighted by atomic mass is 19.4. The summed E-state index contributed by atoms with van der Waals surface area (Å²) in [6.07, 6.45) is -3.49. The van der Waals surface area contributed by atoms with Crippen molar-refractivity contribution in [3.05, 3.63) is 42.2 Å². The van der Waals surface area contributed by atoms with Gasteiger partial charge in [0, 0.05) is 45.0 Å². The SMILES string of the molecule is COc1cccc(OCCN2CCN(C(=O)c3ccn[nH]3)CC2)c1.O=C(O)C(F)(F)F. The van der Waals surface area contributed by atoms with Crippen LogP contribution in [0.2, 0.25) is 0 Å². The average molecular weight is 444 g/mol. The second-order valence-electron chi connectivity index (χ2n) is 6.43. The summed E-state index contributed by atoms with van der Waals surface area (Å²) in [6.45, 7) is 4.59. The van der Waals surface area contributed by atoms with Crippen molar-refractivity contribution in [3.63, 3.8) is 0 Å². The van der Waals surface area contributed by atoms with Crippen LogP contribution in [0, 0.1) is 0 Å². The summed E-state index contributed by atoms with van der Waals surface area (Å²) in [5.41, 5.74) is 0.546. The quantitative estimate of drug-likeness (QED) is 0.701. The van der Waals surface area contributed by atoms with Gasteiger partial charge < -0.3 is 19.5 Å². The van der Waals surface area contributed by atoms with Gasteiger partial charge >= 0.3 is 12.1 Å². The largest absolute Gasteiger partial charge is 0.497 e. The van der Waals surface area contributed by atoms with Crippen LogP contribution in [0.5, 0.6) is 11.5 Å². The van der Waals surface area contributed by atoms with Crippen molar-refractivity contribution in [2.75, 3.05) is 46.4 Å². The van der Waals surface area contributed by atoms with Gasteiger partial charge in [-0.05, 0) is 18.2 Å². The number of carboxylic acid groups (broad SMARTS) is 1. The lowest BCUT2D eigenvalue weighted by Crippen LogP contribution is -2.49. The van der Waals surface area contributed by atoms with Crippen molar-refractivity contribution >= 4 is 11.9 Å². The molecule has 1 aromatic carbocycles. The van der Waals surface area contributed by atoms with E-state index in [0.717, 1.165) is 44.2 Å². The number of benzene rings is 1. The lowest BCUT2D eigenvalue weighted by molar-refractivity contribution is -0.192. The molecule has 1 amide bonds. The van der Waals surface area contributed by atoms with Gasteiger partial charge in [0.25, 0.3) is 5.91 Å². The number of halogens is 3. The number of carbonyl (C=O) groups is 2. The van der Waals surface area contributed by atoms with Crippen LogP contribution in [0.3, 0.4) is 0 Å². The molecule has 1 aromatic heterocycles. The number of hydrogen-bond donors (Lipinski definition) is 2. The molecular formula is C19H23F3N4O5. The number of aromatic amines is 1. The number of hydrogen-bond acceptors (Lipinski definition) is 6. The zero-order valence-electron chi connectivity index (χ0n) is 16.8. The molecule has 0 saturated carbocycles. The van der Waals surface area contributed by atoms with Crippen molar-refractivity contribution in [2.45, 2.75) is 6.18 Å². The Balaban J connectivity index is 0.000000423. The number of carbonyl (C=O) groups excluding carboxylic acids is 1. The highest BCUT2D eigenvalue weighted by molar-refractivity contribution is 5.92. The van der Waals surface area contributed by atoms with Crippen LogP contribution >= 0.6 is 0 Å². The Morgan fingerprint density at radius 1 is 1.16 bits per heavy atom. The second-order valence-corrected chi connectivity index (χ2v) is 6.43. The summed E-state index contributed by atoms with van der Waals surface area (Å²) >= 11 is 0. The predicted molar refractivity (Wildman–Crippen MR) is 103 cm³/mol. The molecule has 2 aromatic rings. The van der Waals surface area contributed by atoms with Crippen molar-refractivity contribution in [3.8, 4) is 11.5 Å². The first-order valence-electron chi connectivity index (χ1n) is 9.28. The van der Waals surface area contributed by atoms with E-state index in [9.17, 15) is 18.0 Å². The second kappa shape index (κ2) is 11.2. The van der Waals surface area contributed by atoms with E-state index >= 15 is 0 Å². The molecule has 31 heavy (non-hydrogen) atoms. The summed E-state index contributed by atoms with van der Waals surface area (Å²) in [4.78, 5) is 25.3. The Hall–Kier alpha value is -3.28. The standard InChI is InChI=1S/C17H22N4O3.C2HF3O2/c1-23-14-3-2-4-15(13-14)24-12-11-20-7-9-21(10-8-20)17(22)16-5-6-18-19-16;3-2(4,5)1(6)7/h2-6,13H,7-12H2,1H3,(H,18,19);(H,6,7). The topological polar surface area (TPSA) is 108 Å². The number of methoxy groups -OCH3 is 1. The summed E-state index contributed by atoms with van der Waals surface area (Å²) < 4.78 is 42.7. The molecular weight excluding hydrogens is 421 g/mol. The number of carboxylic acids is 1. The van der Waals surface area contributed by atoms with Gasteiger partial charge in [0.15, 0.2) is 0 Å². The highest BCUT2D eigenvalue weighted by Gasteiger charge is 2.38. The lowest BCUT2D eigenvalue weighted by Gasteiger charge is -2.34. The Bertz CT molecular complexity index is 837. The molecule has 0 atom stereocenters. The molecule has 1 fully saturated rings. The van der Waals surface area contributed by atoms with E-state index in [1.54, 1.807) is 19.4 Å². The van der Waals surface area contributed by atoms with E-state index < -0.39 is 12.1 Å². The third-order valence-electron chi connectivity index (χ3n) is 4.35. The Morgan fingerprint density at radius 3 is 2.35 bits per heavy atom. The zero-order valence-corrected chi connectivity index (χ0v) is 16.8. The molecule has 0 unspecified atom stereocenters. The van der Waals surface area contributed by atoms with Gasteiger partial charge in [-0.2, -0.15) is 18.3 Å². The van der Waals surface area contributed by atoms with Crippen LogP contribution in [0.4, 0.5) is 13.2 Å².